The van der Waals surface area contributed by atoms with Crippen molar-refractivity contribution in [3.05, 3.63) is 71.5 Å². The molecule has 0 aliphatic heterocycles. The zero-order chi connectivity index (χ0) is 30.1. The van der Waals surface area contributed by atoms with Crippen LogP contribution in [-0.2, 0) is 16.0 Å². The van der Waals surface area contributed by atoms with Gasteiger partial charge in [0.2, 0.25) is 5.12 Å². The summed E-state index contributed by atoms with van der Waals surface area (Å²) in [7, 11) is 0. The van der Waals surface area contributed by atoms with Gasteiger partial charge in [-0.05, 0) is 97.6 Å². The number of oxazole rings is 1. The first-order valence-corrected chi connectivity index (χ1v) is 15.8. The first-order valence-electron chi connectivity index (χ1n) is 14.8. The van der Waals surface area contributed by atoms with Crippen LogP contribution in [0.5, 0.6) is 0 Å². The van der Waals surface area contributed by atoms with Gasteiger partial charge in [-0.1, -0.05) is 31.2 Å². The van der Waals surface area contributed by atoms with E-state index in [0.29, 0.717) is 19.3 Å². The largest absolute Gasteiger partial charge is 0.451 e. The van der Waals surface area contributed by atoms with E-state index in [0.717, 1.165) is 54.4 Å². The Bertz CT molecular complexity index is 1610. The fraction of sp³-hybridized carbons (Fsp3) is 0.500. The number of carbonyl (C=O) groups excluding carboxylic acids is 2. The van der Waals surface area contributed by atoms with E-state index in [1.165, 1.54) is 24.0 Å². The van der Waals surface area contributed by atoms with Crippen LogP contribution in [0.1, 0.15) is 67.7 Å². The van der Waals surface area contributed by atoms with Crippen LogP contribution >= 0.6 is 11.8 Å². The third kappa shape index (κ3) is 4.11. The summed E-state index contributed by atoms with van der Waals surface area (Å²) in [5.41, 5.74) is 7.46. The molecule has 3 aromatic rings. The number of halogens is 1. The van der Waals surface area contributed by atoms with Crippen LogP contribution in [0.25, 0.3) is 11.8 Å². The molecule has 0 amide bonds. The van der Waals surface area contributed by atoms with Crippen molar-refractivity contribution in [2.75, 3.05) is 5.88 Å². The number of esters is 1. The zero-order valence-corrected chi connectivity index (χ0v) is 25.0. The molecule has 226 valence electrons. The average molecular weight is 607 g/mol. The lowest BCUT2D eigenvalue weighted by atomic mass is 9.45. The molecule has 43 heavy (non-hydrogen) atoms. The molecular formula is C32H35FN4O5S. The molecule has 1 aromatic carbocycles. The number of nitrogens with zero attached hydrogens (tertiary/aromatic N) is 3. The molecule has 0 saturated heterocycles. The highest BCUT2D eigenvalue weighted by atomic mass is 32.2. The monoisotopic (exact) mass is 606 g/mol. The van der Waals surface area contributed by atoms with Crippen molar-refractivity contribution in [2.45, 2.75) is 64.1 Å². The molecule has 3 N–H and O–H groups in total. The summed E-state index contributed by atoms with van der Waals surface area (Å²) in [6, 6.07) is 6.32. The molecule has 3 saturated carbocycles. The highest BCUT2D eigenvalue weighted by molar-refractivity contribution is 8.13. The Morgan fingerprint density at radius 1 is 1.26 bits per heavy atom. The number of fused-ring (bicyclic) bond motifs is 6. The van der Waals surface area contributed by atoms with E-state index in [4.69, 9.17) is 14.9 Å². The standard InChI is InChI=1S/C32H35FN4O5S/c1-30-12-18-14-36-37(21-6-4-20(33)5-7-21)25(18)11-19(30)3-8-22-23-9-10-32(29(40)43-16-34,31(23,2)13-26(38)27(22)30)42-28(39)24-15-41-17-35-24/h4-7,11,14-15,17,22-23,26-27,38H,3,8-10,12-13,16,34H2,1-2H3/t22-,23?,26-,27?,30-,31-,32-/m0/s1. The van der Waals surface area contributed by atoms with Gasteiger partial charge in [0.05, 0.1) is 23.7 Å². The second kappa shape index (κ2) is 10.1. The molecule has 3 fully saturated rings. The smallest absolute Gasteiger partial charge is 0.361 e. The number of aliphatic hydroxyl groups excluding tert-OH is 1. The van der Waals surface area contributed by atoms with E-state index in [-0.39, 0.29) is 45.7 Å². The minimum Gasteiger partial charge on any atom is -0.451 e. The number of rotatable bonds is 5. The summed E-state index contributed by atoms with van der Waals surface area (Å²) in [5, 5.41) is 16.4. The SMILES string of the molecule is C[C@]12Cc3cnn(-c4ccc(F)cc4)c3C=C1CC[C@@H]1C2[C@@H](O)C[C@@]2(C)C1CC[C@]2(OC(=O)c1cocn1)C(=O)SCN. The number of ether oxygens (including phenoxy) is 1. The first-order chi connectivity index (χ1) is 20.6. The molecule has 4 aliphatic carbocycles. The average Bonchev–Trinajstić information content (AvgIpc) is 3.71. The summed E-state index contributed by atoms with van der Waals surface area (Å²) in [5.74, 6) is -0.774. The molecule has 0 spiro atoms. The molecule has 11 heteroatoms. The van der Waals surface area contributed by atoms with Crippen molar-refractivity contribution >= 4 is 28.9 Å². The third-order valence-electron chi connectivity index (χ3n) is 11.1. The first kappa shape index (κ1) is 28.5. The van der Waals surface area contributed by atoms with Gasteiger partial charge < -0.3 is 20.0 Å². The van der Waals surface area contributed by atoms with E-state index in [1.807, 2.05) is 17.8 Å². The lowest BCUT2D eigenvalue weighted by molar-refractivity contribution is -0.174. The van der Waals surface area contributed by atoms with Crippen LogP contribution in [0.4, 0.5) is 4.39 Å². The predicted molar refractivity (Wildman–Crippen MR) is 157 cm³/mol. The number of hydrogen-bond acceptors (Lipinski definition) is 9. The van der Waals surface area contributed by atoms with Gasteiger partial charge in [-0.25, -0.2) is 18.9 Å². The number of thioether (sulfide) groups is 1. The van der Waals surface area contributed by atoms with Crippen LogP contribution < -0.4 is 5.73 Å². The minimum atomic E-state index is -1.43. The van der Waals surface area contributed by atoms with Gasteiger partial charge in [0.1, 0.15) is 12.1 Å². The van der Waals surface area contributed by atoms with Gasteiger partial charge in [-0.2, -0.15) is 5.10 Å². The Morgan fingerprint density at radius 2 is 2.05 bits per heavy atom. The number of benzene rings is 1. The highest BCUT2D eigenvalue weighted by Crippen LogP contribution is 2.69. The normalized spacial score (nSPS) is 34.4. The number of nitrogens with two attached hydrogens (primary N) is 1. The maximum Gasteiger partial charge on any atom is 0.361 e. The molecule has 2 heterocycles. The van der Waals surface area contributed by atoms with Crippen molar-refractivity contribution in [3.8, 4) is 5.69 Å². The molecule has 7 atom stereocenters. The van der Waals surface area contributed by atoms with Crippen LogP contribution in [0.2, 0.25) is 0 Å². The molecular weight excluding hydrogens is 571 g/mol. The van der Waals surface area contributed by atoms with Gasteiger partial charge >= 0.3 is 5.97 Å². The number of aliphatic hydroxyl groups is 1. The van der Waals surface area contributed by atoms with Crippen LogP contribution in [0.15, 0.2) is 53.1 Å². The van der Waals surface area contributed by atoms with Crippen molar-refractivity contribution in [1.82, 2.24) is 14.8 Å². The zero-order valence-electron chi connectivity index (χ0n) is 24.2. The molecule has 2 aromatic heterocycles. The Labute approximate surface area is 253 Å². The van der Waals surface area contributed by atoms with E-state index < -0.39 is 23.1 Å². The van der Waals surface area contributed by atoms with Crippen LogP contribution in [0.3, 0.4) is 0 Å². The second-order valence-electron chi connectivity index (χ2n) is 13.0. The predicted octanol–water partition coefficient (Wildman–Crippen LogP) is 4.92. The number of aromatic nitrogens is 3. The van der Waals surface area contributed by atoms with Gasteiger partial charge in [0.25, 0.3) is 0 Å². The summed E-state index contributed by atoms with van der Waals surface area (Å²) >= 11 is 0.959. The molecule has 0 radical (unpaired) electrons. The van der Waals surface area contributed by atoms with Crippen molar-refractivity contribution in [3.63, 3.8) is 0 Å². The van der Waals surface area contributed by atoms with Crippen molar-refractivity contribution in [2.24, 2.45) is 34.3 Å². The Kier molecular flexibility index (Phi) is 6.72. The van der Waals surface area contributed by atoms with Crippen molar-refractivity contribution in [1.29, 1.82) is 0 Å². The Hall–Kier alpha value is -3.28. The number of allylic oxidation sites excluding steroid dienone is 1. The lowest BCUT2D eigenvalue weighted by Gasteiger charge is -2.60. The molecule has 0 bridgehead atoms. The van der Waals surface area contributed by atoms with E-state index in [2.05, 4.69) is 23.1 Å². The molecule has 7 rings (SSSR count). The van der Waals surface area contributed by atoms with Gasteiger partial charge in [0, 0.05) is 11.3 Å². The van der Waals surface area contributed by atoms with E-state index in [9.17, 15) is 19.1 Å². The quantitative estimate of drug-likeness (QED) is 0.307. The molecule has 2 unspecified atom stereocenters. The van der Waals surface area contributed by atoms with Crippen LogP contribution in [-0.4, -0.2) is 48.5 Å². The fourth-order valence-electron chi connectivity index (χ4n) is 9.22. The lowest BCUT2D eigenvalue weighted by Crippen LogP contribution is -2.62. The molecule has 9 nitrogen and oxygen atoms in total. The maximum atomic E-state index is 13.8. The number of carbonyl (C=O) groups is 2. The molecule has 4 aliphatic rings. The highest BCUT2D eigenvalue weighted by Gasteiger charge is 2.70. The summed E-state index contributed by atoms with van der Waals surface area (Å²) in [4.78, 5) is 30.9. The Morgan fingerprint density at radius 3 is 2.77 bits per heavy atom. The van der Waals surface area contributed by atoms with Gasteiger partial charge in [0.15, 0.2) is 17.7 Å². The summed E-state index contributed by atoms with van der Waals surface area (Å²) in [6.07, 6.45) is 9.58. The third-order valence-corrected chi connectivity index (χ3v) is 11.8. The van der Waals surface area contributed by atoms with Crippen molar-refractivity contribution < 1.29 is 28.2 Å². The second-order valence-corrected chi connectivity index (χ2v) is 14.0. The summed E-state index contributed by atoms with van der Waals surface area (Å²) in [6.45, 7) is 4.26. The summed E-state index contributed by atoms with van der Waals surface area (Å²) < 4.78 is 26.6. The minimum absolute atomic E-state index is 0.00496. The maximum absolute atomic E-state index is 13.8. The Balaban J connectivity index is 1.23. The fourth-order valence-corrected chi connectivity index (χ4v) is 9.98. The number of hydrogen-bond donors (Lipinski definition) is 2. The van der Waals surface area contributed by atoms with Crippen LogP contribution in [0, 0.1) is 34.4 Å². The van der Waals surface area contributed by atoms with Gasteiger partial charge in [-0.3, -0.25) is 4.79 Å². The van der Waals surface area contributed by atoms with E-state index >= 15 is 0 Å². The van der Waals surface area contributed by atoms with Gasteiger partial charge in [-0.15, -0.1) is 0 Å². The van der Waals surface area contributed by atoms with E-state index in [1.54, 1.807) is 12.1 Å². The topological polar surface area (TPSA) is 133 Å².